The van der Waals surface area contributed by atoms with Crippen molar-refractivity contribution in [2.45, 2.75) is 50.6 Å². The normalized spacial score (nSPS) is 31.8. The third kappa shape index (κ3) is 3.37. The molecule has 0 unspecified atom stereocenters. The van der Waals surface area contributed by atoms with E-state index in [-0.39, 0.29) is 12.0 Å². The number of benzene rings is 1. The molecule has 0 spiro atoms. The number of piperidine rings is 3. The second kappa shape index (κ2) is 7.42. The van der Waals surface area contributed by atoms with Gasteiger partial charge in [0.1, 0.15) is 0 Å². The lowest BCUT2D eigenvalue weighted by molar-refractivity contribution is -0.158. The number of nitrogens with zero attached hydrogens (tertiary/aromatic N) is 3. The molecule has 3 aliphatic heterocycles. The highest BCUT2D eigenvalue weighted by atomic mass is 16.2. The van der Waals surface area contributed by atoms with E-state index < -0.39 is 0 Å². The predicted octanol–water partition coefficient (Wildman–Crippen LogP) is 2.19. The zero-order valence-corrected chi connectivity index (χ0v) is 17.7. The third-order valence-corrected chi connectivity index (χ3v) is 7.76. The Hall–Kier alpha value is -1.88. The van der Waals surface area contributed by atoms with Gasteiger partial charge in [-0.05, 0) is 69.2 Å². The molecule has 3 heterocycles. The van der Waals surface area contributed by atoms with E-state index >= 15 is 0 Å². The number of amides is 2. The monoisotopic (exact) mass is 395 g/mol. The highest BCUT2D eigenvalue weighted by Gasteiger charge is 2.50. The maximum atomic E-state index is 13.5. The number of carbonyl (C=O) groups excluding carboxylic acids is 2. The number of likely N-dealkylation sites (tertiary alicyclic amines) is 1. The molecular weight excluding hydrogens is 362 g/mol. The summed E-state index contributed by atoms with van der Waals surface area (Å²) in [6.07, 6.45) is 5.74. The van der Waals surface area contributed by atoms with Gasteiger partial charge in [-0.25, -0.2) is 0 Å². The molecule has 5 rings (SSSR count). The smallest absolute Gasteiger partial charge is 0.226 e. The Balaban J connectivity index is 1.36. The van der Waals surface area contributed by atoms with Crippen molar-refractivity contribution in [3.05, 3.63) is 35.4 Å². The van der Waals surface area contributed by atoms with E-state index in [4.69, 9.17) is 0 Å². The molecule has 29 heavy (non-hydrogen) atoms. The van der Waals surface area contributed by atoms with E-state index in [1.54, 1.807) is 0 Å². The second-order valence-electron chi connectivity index (χ2n) is 9.96. The van der Waals surface area contributed by atoms with Crippen molar-refractivity contribution in [2.75, 3.05) is 33.7 Å². The van der Waals surface area contributed by atoms with Crippen molar-refractivity contribution in [3.63, 3.8) is 0 Å². The first kappa shape index (κ1) is 19.1. The zero-order chi connectivity index (χ0) is 20.1. The average molecular weight is 396 g/mol. The summed E-state index contributed by atoms with van der Waals surface area (Å²) in [5, 5.41) is 0. The molecule has 156 valence electrons. The number of hydrogen-bond donors (Lipinski definition) is 0. The van der Waals surface area contributed by atoms with Gasteiger partial charge in [0.25, 0.3) is 0 Å². The van der Waals surface area contributed by atoms with Gasteiger partial charge in [-0.15, -0.1) is 0 Å². The molecule has 5 nitrogen and oxygen atoms in total. The molecule has 1 aliphatic carbocycles. The minimum absolute atomic E-state index is 0.0996. The van der Waals surface area contributed by atoms with Crippen LogP contribution in [0.3, 0.4) is 0 Å². The Bertz CT molecular complexity index is 782. The molecular formula is C24H33N3O2. The van der Waals surface area contributed by atoms with Gasteiger partial charge in [-0.2, -0.15) is 0 Å². The fraction of sp³-hybridized carbons (Fsp3) is 0.667. The Morgan fingerprint density at radius 3 is 2.48 bits per heavy atom. The zero-order valence-electron chi connectivity index (χ0n) is 17.7. The van der Waals surface area contributed by atoms with Crippen LogP contribution in [0.5, 0.6) is 0 Å². The van der Waals surface area contributed by atoms with Gasteiger partial charge in [0.2, 0.25) is 11.8 Å². The van der Waals surface area contributed by atoms with Crippen LogP contribution < -0.4 is 0 Å². The summed E-state index contributed by atoms with van der Waals surface area (Å²) in [6.45, 7) is 2.55. The summed E-state index contributed by atoms with van der Waals surface area (Å²) in [7, 11) is 4.19. The highest BCUT2D eigenvalue weighted by molar-refractivity contribution is 5.81. The SMILES string of the molecule is CN(C)C[C@H]1[C@H]2C[C@H](CN(C(=O)C3Cc4ccccc4C3)C2)[C@@H]2CCCC(=O)N21. The number of fused-ring (bicyclic) bond motifs is 5. The van der Waals surface area contributed by atoms with Crippen molar-refractivity contribution in [1.82, 2.24) is 14.7 Å². The Morgan fingerprint density at radius 1 is 1.10 bits per heavy atom. The summed E-state index contributed by atoms with van der Waals surface area (Å²) in [4.78, 5) is 32.9. The van der Waals surface area contributed by atoms with Crippen molar-refractivity contribution in [2.24, 2.45) is 17.8 Å². The van der Waals surface area contributed by atoms with E-state index in [1.807, 2.05) is 0 Å². The van der Waals surface area contributed by atoms with E-state index in [2.05, 4.69) is 53.1 Å². The van der Waals surface area contributed by atoms with E-state index in [0.717, 1.165) is 45.3 Å². The topological polar surface area (TPSA) is 43.9 Å². The number of hydrogen-bond acceptors (Lipinski definition) is 3. The van der Waals surface area contributed by atoms with Crippen LogP contribution in [0.25, 0.3) is 0 Å². The van der Waals surface area contributed by atoms with E-state index in [9.17, 15) is 9.59 Å². The fourth-order valence-electron chi connectivity index (χ4n) is 6.56. The summed E-state index contributed by atoms with van der Waals surface area (Å²) in [5.41, 5.74) is 2.69. The molecule has 4 atom stereocenters. The molecule has 4 aliphatic rings. The van der Waals surface area contributed by atoms with Gasteiger partial charge in [-0.3, -0.25) is 9.59 Å². The summed E-state index contributed by atoms with van der Waals surface area (Å²) in [6, 6.07) is 9.08. The van der Waals surface area contributed by atoms with Gasteiger partial charge in [0.05, 0.1) is 0 Å². The van der Waals surface area contributed by atoms with Crippen LogP contribution in [0.2, 0.25) is 0 Å². The van der Waals surface area contributed by atoms with Crippen molar-refractivity contribution in [3.8, 4) is 0 Å². The minimum Gasteiger partial charge on any atom is -0.342 e. The average Bonchev–Trinajstić information content (AvgIpc) is 3.14. The Kier molecular flexibility index (Phi) is 4.89. The summed E-state index contributed by atoms with van der Waals surface area (Å²) in [5.74, 6) is 1.64. The van der Waals surface area contributed by atoms with Gasteiger partial charge in [-0.1, -0.05) is 24.3 Å². The third-order valence-electron chi connectivity index (χ3n) is 7.76. The molecule has 0 N–H and O–H groups in total. The van der Waals surface area contributed by atoms with Crippen LogP contribution in [0.4, 0.5) is 0 Å². The van der Waals surface area contributed by atoms with Crippen LogP contribution in [-0.2, 0) is 22.4 Å². The standard InChI is InChI=1S/C24H33N3O2/c1-25(2)15-22-20-12-19(21-8-5-9-23(28)27(21)22)13-26(14-20)24(29)18-10-16-6-3-4-7-17(16)11-18/h3-4,6-7,18-22H,5,8-15H2,1-2H3/t19-,20+,21+,22+/m1/s1. The van der Waals surface area contributed by atoms with Crippen molar-refractivity contribution >= 4 is 11.8 Å². The maximum absolute atomic E-state index is 13.5. The number of carbonyl (C=O) groups is 2. The van der Waals surface area contributed by atoms with Crippen LogP contribution in [0.15, 0.2) is 24.3 Å². The molecule has 0 aromatic heterocycles. The van der Waals surface area contributed by atoms with E-state index in [1.165, 1.54) is 17.5 Å². The molecule has 5 heteroatoms. The van der Waals surface area contributed by atoms with E-state index in [0.29, 0.717) is 36.1 Å². The van der Waals surface area contributed by atoms with Crippen molar-refractivity contribution in [1.29, 1.82) is 0 Å². The lowest BCUT2D eigenvalue weighted by atomic mass is 9.71. The maximum Gasteiger partial charge on any atom is 0.226 e. The van der Waals surface area contributed by atoms with Gasteiger partial charge in [0.15, 0.2) is 0 Å². The summed E-state index contributed by atoms with van der Waals surface area (Å²) < 4.78 is 0. The molecule has 0 saturated carbocycles. The fourth-order valence-corrected chi connectivity index (χ4v) is 6.56. The molecule has 2 amide bonds. The number of likely N-dealkylation sites (N-methyl/N-ethyl adjacent to an activating group) is 1. The summed E-state index contributed by atoms with van der Waals surface area (Å²) >= 11 is 0. The van der Waals surface area contributed by atoms with Gasteiger partial charge >= 0.3 is 0 Å². The largest absolute Gasteiger partial charge is 0.342 e. The first-order valence-corrected chi connectivity index (χ1v) is 11.3. The Labute approximate surface area is 174 Å². The molecule has 2 bridgehead atoms. The molecule has 0 radical (unpaired) electrons. The lowest BCUT2D eigenvalue weighted by Gasteiger charge is -2.57. The molecule has 1 aromatic rings. The number of rotatable bonds is 3. The van der Waals surface area contributed by atoms with Crippen LogP contribution in [-0.4, -0.2) is 72.3 Å². The first-order chi connectivity index (χ1) is 14.0. The first-order valence-electron chi connectivity index (χ1n) is 11.3. The molecule has 1 aromatic carbocycles. The van der Waals surface area contributed by atoms with Crippen LogP contribution in [0.1, 0.15) is 36.8 Å². The predicted molar refractivity (Wildman–Crippen MR) is 112 cm³/mol. The van der Waals surface area contributed by atoms with Crippen molar-refractivity contribution < 1.29 is 9.59 Å². The minimum atomic E-state index is 0.0996. The van der Waals surface area contributed by atoms with Crippen LogP contribution >= 0.6 is 0 Å². The highest BCUT2D eigenvalue weighted by Crippen LogP contribution is 2.42. The molecule has 3 fully saturated rings. The van der Waals surface area contributed by atoms with Gasteiger partial charge in [0, 0.05) is 44.1 Å². The molecule has 3 saturated heterocycles. The lowest BCUT2D eigenvalue weighted by Crippen LogP contribution is -2.67. The quantitative estimate of drug-likeness (QED) is 0.788. The second-order valence-corrected chi connectivity index (χ2v) is 9.96. The Morgan fingerprint density at radius 2 is 1.79 bits per heavy atom. The van der Waals surface area contributed by atoms with Crippen LogP contribution in [0, 0.1) is 17.8 Å². The van der Waals surface area contributed by atoms with Gasteiger partial charge < -0.3 is 14.7 Å².